The van der Waals surface area contributed by atoms with Crippen LogP contribution < -0.4 is 10.1 Å². The predicted octanol–water partition coefficient (Wildman–Crippen LogP) is 2.06. The number of amides is 2. The number of ether oxygens (including phenoxy) is 1. The number of carboxylic acids is 2. The highest BCUT2D eigenvalue weighted by molar-refractivity contribution is 8.01. The van der Waals surface area contributed by atoms with Gasteiger partial charge in [0.25, 0.3) is 0 Å². The minimum Gasteiger partial charge on any atom is -0.494 e. The van der Waals surface area contributed by atoms with Crippen molar-refractivity contribution in [3.8, 4) is 5.75 Å². The van der Waals surface area contributed by atoms with Gasteiger partial charge < -0.3 is 25.2 Å². The van der Waals surface area contributed by atoms with Gasteiger partial charge in [0.2, 0.25) is 11.8 Å². The summed E-state index contributed by atoms with van der Waals surface area (Å²) in [5.41, 5.74) is 0.458. The molecule has 0 aromatic heterocycles. The van der Waals surface area contributed by atoms with Crippen LogP contribution in [-0.2, 0) is 19.2 Å². The molecule has 10 heteroatoms. The number of carboxylic acid groups (broad SMARTS) is 2. The maximum atomic E-state index is 12.6. The van der Waals surface area contributed by atoms with Crippen LogP contribution in [0, 0.1) is 0 Å². The molecule has 0 bridgehead atoms. The number of carbonyl (C=O) groups is 4. The Morgan fingerprint density at radius 3 is 2.44 bits per heavy atom. The zero-order valence-corrected chi connectivity index (χ0v) is 19.1. The first-order valence-corrected chi connectivity index (χ1v) is 11.4. The number of fused-ring (bicyclic) bond motifs is 1. The van der Waals surface area contributed by atoms with E-state index in [2.05, 4.69) is 12.2 Å². The number of hydrogen-bond acceptors (Lipinski definition) is 6. The van der Waals surface area contributed by atoms with E-state index in [0.29, 0.717) is 17.9 Å². The molecule has 174 valence electrons. The van der Waals surface area contributed by atoms with Crippen LogP contribution in [0.3, 0.4) is 0 Å². The van der Waals surface area contributed by atoms with Crippen LogP contribution in [0.5, 0.6) is 5.75 Å². The molecule has 3 rings (SSSR count). The average molecular weight is 465 g/mol. The summed E-state index contributed by atoms with van der Waals surface area (Å²) in [6.45, 7) is 6.13. The van der Waals surface area contributed by atoms with Gasteiger partial charge in [-0.1, -0.05) is 25.5 Å². The van der Waals surface area contributed by atoms with Crippen LogP contribution >= 0.6 is 11.8 Å². The lowest BCUT2D eigenvalue weighted by molar-refractivity contribution is -0.161. The Hall–Kier alpha value is -2.75. The monoisotopic (exact) mass is 464 g/mol. The highest BCUT2D eigenvalue weighted by Crippen LogP contribution is 2.50. The van der Waals surface area contributed by atoms with Crippen molar-refractivity contribution in [3.63, 3.8) is 0 Å². The number of thioether (sulfide) groups is 1. The van der Waals surface area contributed by atoms with Gasteiger partial charge in [0.1, 0.15) is 23.2 Å². The van der Waals surface area contributed by atoms with Crippen molar-refractivity contribution in [2.75, 3.05) is 6.61 Å². The van der Waals surface area contributed by atoms with Gasteiger partial charge >= 0.3 is 11.9 Å². The predicted molar refractivity (Wildman–Crippen MR) is 117 cm³/mol. The number of hydrogen-bond donors (Lipinski definition) is 3. The van der Waals surface area contributed by atoms with Crippen molar-refractivity contribution >= 4 is 35.5 Å². The molecule has 1 aromatic rings. The lowest BCUT2D eigenvalue weighted by atomic mass is 9.94. The fraction of sp³-hybridized carbons (Fsp3) is 0.545. The van der Waals surface area contributed by atoms with Gasteiger partial charge in [-0.2, -0.15) is 0 Å². The first-order chi connectivity index (χ1) is 15.1. The van der Waals surface area contributed by atoms with Gasteiger partial charge in [-0.05, 0) is 38.0 Å². The largest absolute Gasteiger partial charge is 0.494 e. The third kappa shape index (κ3) is 4.69. The topological polar surface area (TPSA) is 133 Å². The zero-order valence-electron chi connectivity index (χ0n) is 18.2. The second kappa shape index (κ2) is 9.40. The summed E-state index contributed by atoms with van der Waals surface area (Å²) in [7, 11) is 0. The minimum absolute atomic E-state index is 0.335. The molecular formula is C22H28N2O7S. The molecule has 9 nitrogen and oxygen atoms in total. The Morgan fingerprint density at radius 2 is 1.88 bits per heavy atom. The third-order valence-corrected chi connectivity index (χ3v) is 7.30. The van der Waals surface area contributed by atoms with Crippen LogP contribution in [0.1, 0.15) is 51.5 Å². The van der Waals surface area contributed by atoms with Gasteiger partial charge in [-0.3, -0.25) is 14.4 Å². The molecule has 3 N–H and O–H groups in total. The van der Waals surface area contributed by atoms with E-state index < -0.39 is 51.9 Å². The number of β-lactam (4-membered cyclic amide) rings is 1. The molecule has 1 aromatic carbocycles. The molecule has 2 fully saturated rings. The van der Waals surface area contributed by atoms with Crippen LogP contribution in [0.15, 0.2) is 24.3 Å². The van der Waals surface area contributed by atoms with Gasteiger partial charge in [0, 0.05) is 11.2 Å². The fourth-order valence-electron chi connectivity index (χ4n) is 4.04. The van der Waals surface area contributed by atoms with E-state index in [1.807, 2.05) is 0 Å². The molecular weight excluding hydrogens is 436 g/mol. The van der Waals surface area contributed by atoms with Gasteiger partial charge in [-0.25, -0.2) is 4.79 Å². The summed E-state index contributed by atoms with van der Waals surface area (Å²) in [6.07, 6.45) is 1.59. The Kier molecular flexibility index (Phi) is 7.02. The van der Waals surface area contributed by atoms with Crippen molar-refractivity contribution in [2.45, 2.75) is 68.2 Å². The van der Waals surface area contributed by atoms with Crippen molar-refractivity contribution in [1.29, 1.82) is 0 Å². The number of benzene rings is 1. The summed E-state index contributed by atoms with van der Waals surface area (Å²) in [5, 5.41) is 21.2. The molecule has 0 aliphatic carbocycles. The number of unbranched alkanes of at least 4 members (excludes halogenated alkanes) is 1. The van der Waals surface area contributed by atoms with E-state index >= 15 is 0 Å². The maximum Gasteiger partial charge on any atom is 0.327 e. The summed E-state index contributed by atoms with van der Waals surface area (Å²) >= 11 is 1.32. The number of nitrogens with one attached hydrogen (secondary N) is 1. The molecule has 2 saturated heterocycles. The van der Waals surface area contributed by atoms with Crippen molar-refractivity contribution < 1.29 is 34.1 Å². The van der Waals surface area contributed by atoms with Crippen LogP contribution in [0.25, 0.3) is 0 Å². The van der Waals surface area contributed by atoms with Crippen LogP contribution in [0.2, 0.25) is 0 Å². The first kappa shape index (κ1) is 23.9. The molecule has 2 amide bonds. The number of rotatable bonds is 10. The molecule has 1 unspecified atom stereocenters. The Bertz CT molecular complexity index is 902. The SMILES string of the molecule is CCCCOc1ccc(C(CC(=O)N[C@@H]2C(=O)N3[C@@H]2SC(C)(C)[C@@H]3C(=O)O)C(=O)O)cc1. The molecule has 4 atom stereocenters. The first-order valence-electron chi connectivity index (χ1n) is 10.5. The van der Waals surface area contributed by atoms with Crippen molar-refractivity contribution in [3.05, 3.63) is 29.8 Å². The van der Waals surface area contributed by atoms with E-state index in [9.17, 15) is 29.4 Å². The molecule has 0 spiro atoms. The van der Waals surface area contributed by atoms with Crippen molar-refractivity contribution in [2.24, 2.45) is 0 Å². The second-order valence-electron chi connectivity index (χ2n) is 8.51. The van der Waals surface area contributed by atoms with Gasteiger partial charge in [0.05, 0.1) is 12.5 Å². The van der Waals surface area contributed by atoms with E-state index in [1.165, 1.54) is 16.7 Å². The summed E-state index contributed by atoms with van der Waals surface area (Å²) in [4.78, 5) is 49.8. The van der Waals surface area contributed by atoms with E-state index in [4.69, 9.17) is 4.74 Å². The molecule has 32 heavy (non-hydrogen) atoms. The van der Waals surface area contributed by atoms with E-state index in [1.54, 1.807) is 38.1 Å². The normalized spacial score (nSPS) is 24.3. The van der Waals surface area contributed by atoms with Crippen LogP contribution in [-0.4, -0.2) is 67.7 Å². The Morgan fingerprint density at radius 1 is 1.22 bits per heavy atom. The van der Waals surface area contributed by atoms with Crippen LogP contribution in [0.4, 0.5) is 0 Å². The smallest absolute Gasteiger partial charge is 0.327 e. The lowest BCUT2D eigenvalue weighted by Crippen LogP contribution is -2.70. The highest BCUT2D eigenvalue weighted by Gasteiger charge is 2.64. The molecule has 2 aliphatic heterocycles. The standard InChI is InChI=1S/C22H28N2O7S/c1-4-5-10-31-13-8-6-12(7-9-13)14(20(27)28)11-15(25)23-16-18(26)24-17(21(29)30)22(2,3)32-19(16)24/h6-9,14,16-17,19H,4-5,10-11H2,1-3H3,(H,23,25)(H,27,28)(H,29,30)/t14?,16-,17+,19-/m1/s1. The maximum absolute atomic E-state index is 12.6. The van der Waals surface area contributed by atoms with Gasteiger partial charge in [0.15, 0.2) is 0 Å². The number of aliphatic carboxylic acids is 2. The lowest BCUT2D eigenvalue weighted by Gasteiger charge is -2.43. The molecule has 0 radical (unpaired) electrons. The quantitative estimate of drug-likeness (QED) is 0.354. The fourth-order valence-corrected chi connectivity index (χ4v) is 5.67. The van der Waals surface area contributed by atoms with E-state index in [-0.39, 0.29) is 6.42 Å². The Labute approximate surface area is 190 Å². The average Bonchev–Trinajstić information content (AvgIpc) is 2.99. The minimum atomic E-state index is -1.15. The zero-order chi connectivity index (χ0) is 23.6. The Balaban J connectivity index is 1.62. The molecule has 2 aliphatic rings. The summed E-state index contributed by atoms with van der Waals surface area (Å²) < 4.78 is 4.88. The number of nitrogens with zero attached hydrogens (tertiary/aromatic N) is 1. The summed E-state index contributed by atoms with van der Waals surface area (Å²) in [6, 6.07) is 4.76. The molecule has 2 heterocycles. The molecule has 0 saturated carbocycles. The second-order valence-corrected chi connectivity index (χ2v) is 10.3. The third-order valence-electron chi connectivity index (χ3n) is 5.73. The summed E-state index contributed by atoms with van der Waals surface area (Å²) in [5.74, 6) is -3.72. The van der Waals surface area contributed by atoms with Gasteiger partial charge in [-0.15, -0.1) is 11.8 Å². The highest BCUT2D eigenvalue weighted by atomic mass is 32.2. The number of carbonyl (C=O) groups excluding carboxylic acids is 2. The van der Waals surface area contributed by atoms with Crippen molar-refractivity contribution in [1.82, 2.24) is 10.2 Å². The van der Waals surface area contributed by atoms with E-state index in [0.717, 1.165) is 12.8 Å².